The third-order valence-electron chi connectivity index (χ3n) is 1.51. The van der Waals surface area contributed by atoms with Crippen LogP contribution in [0.2, 0.25) is 0 Å². The summed E-state index contributed by atoms with van der Waals surface area (Å²) in [6, 6.07) is 0. The third-order valence-corrected chi connectivity index (χ3v) is 1.51. The highest BCUT2D eigenvalue weighted by atomic mass is 16.7. The van der Waals surface area contributed by atoms with Gasteiger partial charge >= 0.3 is 0 Å². The standard InChI is InChI=1S/C6H9N5O/c1-2-12-11-4-9-10-3-8-5(7)6(10)11/h3-4H,2,7H2,1H3. The van der Waals surface area contributed by atoms with E-state index in [4.69, 9.17) is 10.6 Å². The molecular weight excluding hydrogens is 158 g/mol. The number of imidazole rings is 1. The van der Waals surface area contributed by atoms with Gasteiger partial charge in [0.05, 0.1) is 0 Å². The molecule has 0 bridgehead atoms. The van der Waals surface area contributed by atoms with E-state index in [0.29, 0.717) is 18.1 Å². The molecule has 0 aliphatic rings. The van der Waals surface area contributed by atoms with Crippen LogP contribution in [0.5, 0.6) is 0 Å². The quantitative estimate of drug-likeness (QED) is 0.658. The van der Waals surface area contributed by atoms with E-state index in [0.717, 1.165) is 0 Å². The second-order valence-electron chi connectivity index (χ2n) is 2.27. The van der Waals surface area contributed by atoms with Crippen LogP contribution in [0, 0.1) is 0 Å². The van der Waals surface area contributed by atoms with Crippen molar-refractivity contribution in [3.05, 3.63) is 12.7 Å². The molecular formula is C6H9N5O. The average Bonchev–Trinajstić information content (AvgIpc) is 2.58. The Hall–Kier alpha value is -1.72. The monoisotopic (exact) mass is 167 g/mol. The summed E-state index contributed by atoms with van der Waals surface area (Å²) in [5.74, 6) is 0.418. The summed E-state index contributed by atoms with van der Waals surface area (Å²) in [4.78, 5) is 9.09. The summed E-state index contributed by atoms with van der Waals surface area (Å²) in [6.45, 7) is 2.46. The number of hydrogen-bond donors (Lipinski definition) is 1. The van der Waals surface area contributed by atoms with Crippen LogP contribution in [-0.4, -0.2) is 25.9 Å². The fourth-order valence-corrected chi connectivity index (χ4v) is 1.04. The van der Waals surface area contributed by atoms with Crippen molar-refractivity contribution in [2.45, 2.75) is 6.92 Å². The zero-order valence-corrected chi connectivity index (χ0v) is 6.64. The fraction of sp³-hybridized carbons (Fsp3) is 0.333. The van der Waals surface area contributed by atoms with Gasteiger partial charge in [0.15, 0.2) is 12.1 Å². The Morgan fingerprint density at radius 1 is 1.58 bits per heavy atom. The smallest absolute Gasteiger partial charge is 0.215 e. The Morgan fingerprint density at radius 2 is 2.42 bits per heavy atom. The second-order valence-corrected chi connectivity index (χ2v) is 2.27. The van der Waals surface area contributed by atoms with Crippen molar-refractivity contribution in [2.75, 3.05) is 12.3 Å². The topological polar surface area (TPSA) is 70.4 Å². The molecule has 0 saturated carbocycles. The van der Waals surface area contributed by atoms with Crippen LogP contribution in [0.15, 0.2) is 12.7 Å². The predicted octanol–water partition coefficient (Wildman–Crippen LogP) is -0.439. The molecule has 64 valence electrons. The zero-order valence-electron chi connectivity index (χ0n) is 6.64. The highest BCUT2D eigenvalue weighted by molar-refractivity contribution is 5.59. The summed E-state index contributed by atoms with van der Waals surface area (Å²) in [5.41, 5.74) is 6.24. The maximum Gasteiger partial charge on any atom is 0.215 e. The van der Waals surface area contributed by atoms with Gasteiger partial charge in [-0.05, 0) is 6.92 Å². The molecule has 0 unspecified atom stereocenters. The van der Waals surface area contributed by atoms with Gasteiger partial charge in [-0.1, -0.05) is 0 Å². The van der Waals surface area contributed by atoms with Crippen molar-refractivity contribution < 1.29 is 4.84 Å². The minimum Gasteiger partial charge on any atom is -0.411 e. The SMILES string of the molecule is CCOn1cnn2cnc(N)c12. The Bertz CT molecular complexity index is 389. The summed E-state index contributed by atoms with van der Waals surface area (Å²) >= 11 is 0. The van der Waals surface area contributed by atoms with Gasteiger partial charge in [0, 0.05) is 0 Å². The fourth-order valence-electron chi connectivity index (χ4n) is 1.04. The van der Waals surface area contributed by atoms with E-state index in [1.165, 1.54) is 4.73 Å². The lowest BCUT2D eigenvalue weighted by Gasteiger charge is -2.00. The van der Waals surface area contributed by atoms with Crippen LogP contribution >= 0.6 is 0 Å². The normalized spacial score (nSPS) is 10.8. The van der Waals surface area contributed by atoms with E-state index < -0.39 is 0 Å². The molecule has 0 amide bonds. The summed E-state index contributed by atoms with van der Waals surface area (Å²) in [7, 11) is 0. The van der Waals surface area contributed by atoms with Crippen molar-refractivity contribution in [3.8, 4) is 0 Å². The minimum atomic E-state index is 0.418. The molecule has 0 radical (unpaired) electrons. The molecule has 0 aliphatic heterocycles. The molecule has 0 atom stereocenters. The maximum absolute atomic E-state index is 5.58. The van der Waals surface area contributed by atoms with E-state index >= 15 is 0 Å². The number of fused-ring (bicyclic) bond motifs is 1. The van der Waals surface area contributed by atoms with Crippen LogP contribution < -0.4 is 10.6 Å². The molecule has 0 saturated heterocycles. The van der Waals surface area contributed by atoms with E-state index in [1.807, 2.05) is 6.92 Å². The van der Waals surface area contributed by atoms with Gasteiger partial charge in [0.2, 0.25) is 5.65 Å². The van der Waals surface area contributed by atoms with Crippen molar-refractivity contribution in [1.29, 1.82) is 0 Å². The number of hydrogen-bond acceptors (Lipinski definition) is 4. The molecule has 0 fully saturated rings. The molecule has 2 rings (SSSR count). The lowest BCUT2D eigenvalue weighted by atomic mass is 10.7. The van der Waals surface area contributed by atoms with Crippen molar-refractivity contribution in [3.63, 3.8) is 0 Å². The van der Waals surface area contributed by atoms with E-state index in [9.17, 15) is 0 Å². The van der Waals surface area contributed by atoms with Gasteiger partial charge < -0.3 is 10.6 Å². The minimum absolute atomic E-state index is 0.418. The number of anilines is 1. The van der Waals surface area contributed by atoms with Gasteiger partial charge in [0.1, 0.15) is 12.9 Å². The van der Waals surface area contributed by atoms with Gasteiger partial charge in [-0.25, -0.2) is 4.98 Å². The molecule has 0 aliphatic carbocycles. The van der Waals surface area contributed by atoms with Crippen LogP contribution in [0.1, 0.15) is 6.92 Å². The van der Waals surface area contributed by atoms with Crippen LogP contribution in [0.4, 0.5) is 5.82 Å². The number of nitrogens with two attached hydrogens (primary N) is 1. The number of nitrogens with zero attached hydrogens (tertiary/aromatic N) is 4. The van der Waals surface area contributed by atoms with E-state index in [2.05, 4.69) is 10.1 Å². The summed E-state index contributed by atoms with van der Waals surface area (Å²) in [6.07, 6.45) is 3.09. The molecule has 0 spiro atoms. The molecule has 0 aromatic carbocycles. The lowest BCUT2D eigenvalue weighted by molar-refractivity contribution is 0.130. The van der Waals surface area contributed by atoms with Crippen LogP contribution in [0.25, 0.3) is 5.65 Å². The van der Waals surface area contributed by atoms with Crippen LogP contribution in [-0.2, 0) is 0 Å². The first kappa shape index (κ1) is 6.96. The molecule has 2 aromatic heterocycles. The Balaban J connectivity index is 2.59. The van der Waals surface area contributed by atoms with Gasteiger partial charge in [0.25, 0.3) is 0 Å². The number of rotatable bonds is 2. The largest absolute Gasteiger partial charge is 0.411 e. The Morgan fingerprint density at radius 3 is 3.17 bits per heavy atom. The Kier molecular flexibility index (Phi) is 1.39. The van der Waals surface area contributed by atoms with Gasteiger partial charge in [-0.15, -0.1) is 4.73 Å². The van der Waals surface area contributed by atoms with Crippen molar-refractivity contribution >= 4 is 11.5 Å². The molecule has 12 heavy (non-hydrogen) atoms. The lowest BCUT2D eigenvalue weighted by Crippen LogP contribution is -2.09. The van der Waals surface area contributed by atoms with Gasteiger partial charge in [-0.3, -0.25) is 0 Å². The maximum atomic E-state index is 5.58. The third kappa shape index (κ3) is 0.810. The second kappa shape index (κ2) is 2.40. The zero-order chi connectivity index (χ0) is 8.55. The number of nitrogen functional groups attached to an aromatic ring is 1. The summed E-state index contributed by atoms with van der Waals surface area (Å²) in [5, 5.41) is 3.97. The molecule has 2 heterocycles. The van der Waals surface area contributed by atoms with E-state index in [-0.39, 0.29) is 0 Å². The van der Waals surface area contributed by atoms with Crippen molar-refractivity contribution in [1.82, 2.24) is 19.3 Å². The van der Waals surface area contributed by atoms with Gasteiger partial charge in [-0.2, -0.15) is 9.61 Å². The highest BCUT2D eigenvalue weighted by Crippen LogP contribution is 2.08. The first-order valence-corrected chi connectivity index (χ1v) is 3.62. The molecule has 6 nitrogen and oxygen atoms in total. The molecule has 2 aromatic rings. The average molecular weight is 167 g/mol. The predicted molar refractivity (Wildman–Crippen MR) is 42.5 cm³/mol. The molecule has 6 heteroatoms. The Labute approximate surface area is 68.5 Å². The highest BCUT2D eigenvalue weighted by Gasteiger charge is 2.07. The number of aromatic nitrogens is 4. The van der Waals surface area contributed by atoms with Crippen LogP contribution in [0.3, 0.4) is 0 Å². The first-order chi connectivity index (χ1) is 5.83. The summed E-state index contributed by atoms with van der Waals surface area (Å²) < 4.78 is 3.06. The van der Waals surface area contributed by atoms with Crippen molar-refractivity contribution in [2.24, 2.45) is 0 Å². The van der Waals surface area contributed by atoms with E-state index in [1.54, 1.807) is 17.2 Å². The molecule has 2 N–H and O–H groups in total. The first-order valence-electron chi connectivity index (χ1n) is 3.62.